The lowest BCUT2D eigenvalue weighted by molar-refractivity contribution is -0.138. The highest BCUT2D eigenvalue weighted by atomic mass is 16.5. The van der Waals surface area contributed by atoms with E-state index in [9.17, 15) is 4.79 Å². The largest absolute Gasteiger partial charge is 0.462 e. The van der Waals surface area contributed by atoms with Crippen molar-refractivity contribution in [2.45, 2.75) is 26.4 Å². The van der Waals surface area contributed by atoms with E-state index in [4.69, 9.17) is 5.73 Å². The van der Waals surface area contributed by atoms with E-state index in [-0.39, 0.29) is 5.60 Å². The number of nitrogens with one attached hydrogen (secondary N) is 1. The van der Waals surface area contributed by atoms with Gasteiger partial charge in [-0.2, -0.15) is 5.10 Å². The molecule has 0 unspecified atom stereocenters. The molecule has 0 saturated carbocycles. The third-order valence-corrected chi connectivity index (χ3v) is 2.02. The minimum Gasteiger partial charge on any atom is -0.462 e. The minimum absolute atomic E-state index is 0.318. The fourth-order valence-electron chi connectivity index (χ4n) is 1.13. The maximum absolute atomic E-state index is 9.60. The first kappa shape index (κ1) is 14.7. The number of nitrogens with zero attached hydrogens (tertiary/aromatic N) is 2. The summed E-state index contributed by atoms with van der Waals surface area (Å²) in [4.78, 5) is 13.6. The third kappa shape index (κ3) is 5.67. The number of anilines is 1. The van der Waals surface area contributed by atoms with Crippen LogP contribution in [-0.4, -0.2) is 27.3 Å². The number of hydrogen-bond acceptors (Lipinski definition) is 5. The van der Waals surface area contributed by atoms with Gasteiger partial charge >= 0.3 is 0 Å². The summed E-state index contributed by atoms with van der Waals surface area (Å²) in [6, 6.07) is 3.68. The molecule has 2 aromatic rings. The lowest BCUT2D eigenvalue weighted by atomic mass is 10.2. The highest BCUT2D eigenvalue weighted by Crippen LogP contribution is 2.16. The van der Waals surface area contributed by atoms with Gasteiger partial charge in [-0.3, -0.25) is 9.89 Å². The Morgan fingerprint density at radius 3 is 2.37 bits per heavy atom. The molecule has 6 nitrogen and oxygen atoms in total. The van der Waals surface area contributed by atoms with E-state index < -0.39 is 0 Å². The summed E-state index contributed by atoms with van der Waals surface area (Å²) in [5.74, 6) is 0.530. The monoisotopic (exact) mass is 262 g/mol. The van der Waals surface area contributed by atoms with Gasteiger partial charge in [0.25, 0.3) is 6.47 Å². The second kappa shape index (κ2) is 6.53. The van der Waals surface area contributed by atoms with Crippen LogP contribution in [0.4, 0.5) is 5.82 Å². The zero-order valence-electron chi connectivity index (χ0n) is 11.3. The molecule has 0 aliphatic carbocycles. The number of H-pyrrole nitrogens is 1. The predicted molar refractivity (Wildman–Crippen MR) is 73.1 cm³/mol. The van der Waals surface area contributed by atoms with E-state index >= 15 is 0 Å². The summed E-state index contributed by atoms with van der Waals surface area (Å²) < 4.78 is 4.55. The quantitative estimate of drug-likeness (QED) is 0.807. The minimum atomic E-state index is -0.318. The van der Waals surface area contributed by atoms with Crippen molar-refractivity contribution in [3.63, 3.8) is 0 Å². The van der Waals surface area contributed by atoms with Crippen molar-refractivity contribution in [1.29, 1.82) is 0 Å². The van der Waals surface area contributed by atoms with Crippen molar-refractivity contribution in [3.05, 3.63) is 30.7 Å². The van der Waals surface area contributed by atoms with E-state index in [1.807, 2.05) is 33.0 Å². The second-order valence-electron chi connectivity index (χ2n) is 4.79. The SMILES string of the molecule is CC(C)(C)OC=O.Nc1ccc(-c2cn[nH]c2)cn1. The molecule has 102 valence electrons. The normalized spacial score (nSPS) is 10.3. The van der Waals surface area contributed by atoms with Crippen molar-refractivity contribution >= 4 is 12.3 Å². The Morgan fingerprint density at radius 2 is 2.00 bits per heavy atom. The molecule has 0 saturated heterocycles. The van der Waals surface area contributed by atoms with Crippen LogP contribution in [0.25, 0.3) is 11.1 Å². The van der Waals surface area contributed by atoms with Gasteiger partial charge in [0.2, 0.25) is 0 Å². The summed E-state index contributed by atoms with van der Waals surface area (Å²) in [6.45, 7) is 5.92. The molecule has 2 heterocycles. The van der Waals surface area contributed by atoms with Gasteiger partial charge < -0.3 is 10.5 Å². The molecule has 6 heteroatoms. The summed E-state index contributed by atoms with van der Waals surface area (Å²) in [5.41, 5.74) is 7.16. The van der Waals surface area contributed by atoms with E-state index in [1.54, 1.807) is 18.5 Å². The number of aromatic nitrogens is 3. The van der Waals surface area contributed by atoms with Crippen molar-refractivity contribution < 1.29 is 9.53 Å². The van der Waals surface area contributed by atoms with Crippen LogP contribution in [0.5, 0.6) is 0 Å². The maximum Gasteiger partial charge on any atom is 0.293 e. The number of carbonyl (C=O) groups is 1. The lowest BCUT2D eigenvalue weighted by Gasteiger charge is -2.14. The topological polar surface area (TPSA) is 93.9 Å². The van der Waals surface area contributed by atoms with Gasteiger partial charge in [-0.1, -0.05) is 0 Å². The van der Waals surface area contributed by atoms with Crippen LogP contribution in [0.15, 0.2) is 30.7 Å². The number of carbonyl (C=O) groups excluding carboxylic acids is 1. The number of aromatic amines is 1. The van der Waals surface area contributed by atoms with Crippen LogP contribution in [0, 0.1) is 0 Å². The zero-order chi connectivity index (χ0) is 14.3. The highest BCUT2D eigenvalue weighted by molar-refractivity contribution is 5.61. The fourth-order valence-corrected chi connectivity index (χ4v) is 1.13. The summed E-state index contributed by atoms with van der Waals surface area (Å²) >= 11 is 0. The Labute approximate surface area is 112 Å². The molecular weight excluding hydrogens is 244 g/mol. The van der Waals surface area contributed by atoms with Crippen LogP contribution in [0.2, 0.25) is 0 Å². The van der Waals surface area contributed by atoms with E-state index in [0.717, 1.165) is 11.1 Å². The van der Waals surface area contributed by atoms with Crippen molar-refractivity contribution in [2.75, 3.05) is 5.73 Å². The second-order valence-corrected chi connectivity index (χ2v) is 4.79. The first-order chi connectivity index (χ1) is 8.92. The van der Waals surface area contributed by atoms with Gasteiger partial charge in [0.05, 0.1) is 6.20 Å². The smallest absolute Gasteiger partial charge is 0.293 e. The average molecular weight is 262 g/mol. The van der Waals surface area contributed by atoms with Crippen LogP contribution >= 0.6 is 0 Å². The molecule has 2 rings (SSSR count). The molecule has 0 fully saturated rings. The summed E-state index contributed by atoms with van der Waals surface area (Å²) in [7, 11) is 0. The first-order valence-electron chi connectivity index (χ1n) is 5.74. The molecule has 0 bridgehead atoms. The first-order valence-corrected chi connectivity index (χ1v) is 5.74. The zero-order valence-corrected chi connectivity index (χ0v) is 11.3. The van der Waals surface area contributed by atoms with Crippen molar-refractivity contribution in [3.8, 4) is 11.1 Å². The predicted octanol–water partition coefficient (Wildman–Crippen LogP) is 2.01. The summed E-state index contributed by atoms with van der Waals surface area (Å²) in [5, 5.41) is 6.57. The molecule has 19 heavy (non-hydrogen) atoms. The van der Waals surface area contributed by atoms with Crippen molar-refractivity contribution in [1.82, 2.24) is 15.2 Å². The highest BCUT2D eigenvalue weighted by Gasteiger charge is 2.07. The molecule has 0 aliphatic rings. The molecule has 0 aliphatic heterocycles. The molecule has 2 aromatic heterocycles. The molecule has 0 atom stereocenters. The Balaban J connectivity index is 0.000000224. The molecule has 0 spiro atoms. The molecule has 3 N–H and O–H groups in total. The molecular formula is C13H18N4O2. The third-order valence-electron chi connectivity index (χ3n) is 2.02. The Kier molecular flexibility index (Phi) is 5.05. The van der Waals surface area contributed by atoms with Gasteiger partial charge in [0.15, 0.2) is 0 Å². The van der Waals surface area contributed by atoms with Gasteiger partial charge in [-0.05, 0) is 32.9 Å². The maximum atomic E-state index is 9.60. The lowest BCUT2D eigenvalue weighted by Crippen LogP contribution is -2.17. The van der Waals surface area contributed by atoms with Crippen molar-refractivity contribution in [2.24, 2.45) is 0 Å². The Bertz CT molecular complexity index is 486. The van der Waals surface area contributed by atoms with E-state index in [1.165, 1.54) is 0 Å². The number of hydrogen-bond donors (Lipinski definition) is 2. The molecule has 0 amide bonds. The van der Waals surface area contributed by atoms with Crippen LogP contribution < -0.4 is 5.73 Å². The number of ether oxygens (including phenoxy) is 1. The molecule has 0 aromatic carbocycles. The van der Waals surface area contributed by atoms with Crippen LogP contribution in [0.1, 0.15) is 20.8 Å². The number of nitrogen functional groups attached to an aromatic ring is 1. The fraction of sp³-hybridized carbons (Fsp3) is 0.308. The Morgan fingerprint density at radius 1 is 1.26 bits per heavy atom. The van der Waals surface area contributed by atoms with Gasteiger partial charge in [-0.15, -0.1) is 0 Å². The van der Waals surface area contributed by atoms with Gasteiger partial charge in [-0.25, -0.2) is 4.98 Å². The Hall–Kier alpha value is -2.37. The average Bonchev–Trinajstić information content (AvgIpc) is 2.83. The van der Waals surface area contributed by atoms with Crippen LogP contribution in [0.3, 0.4) is 0 Å². The van der Waals surface area contributed by atoms with E-state index in [2.05, 4.69) is 19.9 Å². The number of nitrogens with two attached hydrogens (primary N) is 1. The standard InChI is InChI=1S/C8H8N4.C5H10O2/c9-8-2-1-6(3-10-8)7-4-11-12-5-7;1-5(2,3)7-4-6/h1-5H,(H2,9,10)(H,11,12);4H,1-3H3. The van der Waals surface area contributed by atoms with Crippen LogP contribution in [-0.2, 0) is 9.53 Å². The van der Waals surface area contributed by atoms with E-state index in [0.29, 0.717) is 12.3 Å². The number of rotatable bonds is 2. The van der Waals surface area contributed by atoms with Gasteiger partial charge in [0, 0.05) is 23.5 Å². The van der Waals surface area contributed by atoms with Gasteiger partial charge in [0.1, 0.15) is 11.4 Å². The summed E-state index contributed by atoms with van der Waals surface area (Å²) in [6.07, 6.45) is 5.28. The molecule has 0 radical (unpaired) electrons. The number of pyridine rings is 1.